The molecular formula is C19H16N2O2S2. The molecule has 0 N–H and O–H groups in total. The van der Waals surface area contributed by atoms with Crippen LogP contribution in [0.25, 0.3) is 11.1 Å². The van der Waals surface area contributed by atoms with Crippen LogP contribution in [-0.2, 0) is 12.4 Å². The highest BCUT2D eigenvalue weighted by molar-refractivity contribution is 7.98. The molecule has 0 bridgehead atoms. The Morgan fingerprint density at radius 3 is 2.76 bits per heavy atom. The van der Waals surface area contributed by atoms with Crippen molar-refractivity contribution in [3.63, 3.8) is 0 Å². The average molecular weight is 368 g/mol. The summed E-state index contributed by atoms with van der Waals surface area (Å²) in [5.74, 6) is 1.59. The smallest absolute Gasteiger partial charge is 0.257 e. The number of benzene rings is 2. The lowest BCUT2D eigenvalue weighted by molar-refractivity contribution is 0.305. The molecule has 0 aliphatic rings. The summed E-state index contributed by atoms with van der Waals surface area (Å²) in [5.41, 5.74) is 3.94. The molecule has 2 aromatic heterocycles. The van der Waals surface area contributed by atoms with Gasteiger partial charge in [-0.15, -0.1) is 11.3 Å². The fourth-order valence-corrected chi connectivity index (χ4v) is 3.85. The van der Waals surface area contributed by atoms with Gasteiger partial charge < -0.3 is 9.15 Å². The minimum atomic E-state index is 0.487. The summed E-state index contributed by atoms with van der Waals surface area (Å²) in [7, 11) is 0. The van der Waals surface area contributed by atoms with Gasteiger partial charge in [0.05, 0.1) is 5.69 Å². The Kier molecular flexibility index (Phi) is 4.72. The van der Waals surface area contributed by atoms with Crippen LogP contribution < -0.4 is 4.74 Å². The van der Waals surface area contributed by atoms with E-state index in [9.17, 15) is 0 Å². The Morgan fingerprint density at radius 2 is 1.92 bits per heavy atom. The number of hydrogen-bond donors (Lipinski definition) is 0. The molecule has 4 nitrogen and oxygen atoms in total. The van der Waals surface area contributed by atoms with Gasteiger partial charge >= 0.3 is 0 Å². The highest BCUT2D eigenvalue weighted by Gasteiger charge is 2.08. The predicted molar refractivity (Wildman–Crippen MR) is 101 cm³/mol. The summed E-state index contributed by atoms with van der Waals surface area (Å²) in [6.45, 7) is 2.55. The van der Waals surface area contributed by atoms with E-state index < -0.39 is 0 Å². The molecule has 0 radical (unpaired) electrons. The molecule has 0 spiro atoms. The maximum atomic E-state index is 5.77. The first-order valence-corrected chi connectivity index (χ1v) is 9.74. The van der Waals surface area contributed by atoms with Crippen molar-refractivity contribution in [2.24, 2.45) is 0 Å². The molecule has 2 heterocycles. The summed E-state index contributed by atoms with van der Waals surface area (Å²) in [5, 5.41) is 3.70. The van der Waals surface area contributed by atoms with Crippen LogP contribution in [0.3, 0.4) is 0 Å². The van der Waals surface area contributed by atoms with E-state index in [1.54, 1.807) is 23.1 Å². The molecule has 0 saturated carbocycles. The van der Waals surface area contributed by atoms with E-state index in [1.807, 2.05) is 48.5 Å². The number of aromatic nitrogens is 2. The van der Waals surface area contributed by atoms with Crippen molar-refractivity contribution < 1.29 is 9.15 Å². The molecule has 6 heteroatoms. The minimum Gasteiger partial charge on any atom is -0.486 e. The van der Waals surface area contributed by atoms with Gasteiger partial charge in [-0.3, -0.25) is 0 Å². The van der Waals surface area contributed by atoms with E-state index in [0.717, 1.165) is 33.3 Å². The molecular weight excluding hydrogens is 352 g/mol. The quantitative estimate of drug-likeness (QED) is 0.423. The van der Waals surface area contributed by atoms with Gasteiger partial charge in [-0.25, -0.2) is 9.97 Å². The monoisotopic (exact) mass is 368 g/mol. The Bertz CT molecular complexity index is 943. The Labute approximate surface area is 153 Å². The molecule has 0 unspecified atom stereocenters. The first kappa shape index (κ1) is 16.2. The van der Waals surface area contributed by atoms with E-state index in [4.69, 9.17) is 9.15 Å². The molecule has 0 aliphatic heterocycles. The van der Waals surface area contributed by atoms with Gasteiger partial charge in [0.25, 0.3) is 5.22 Å². The molecule has 25 heavy (non-hydrogen) atoms. The number of thiazole rings is 1. The van der Waals surface area contributed by atoms with Crippen LogP contribution in [0.15, 0.2) is 63.6 Å². The zero-order valence-electron chi connectivity index (χ0n) is 13.6. The third-order valence-corrected chi connectivity index (χ3v) is 5.33. The zero-order chi connectivity index (χ0) is 17.1. The van der Waals surface area contributed by atoms with Crippen molar-refractivity contribution in [3.05, 3.63) is 70.2 Å². The SMILES string of the molecule is Cc1ccc(OCc2nc(CSc3nc4ccccc4o3)cs2)cc1. The summed E-state index contributed by atoms with van der Waals surface area (Å²) in [6, 6.07) is 15.8. The second kappa shape index (κ2) is 7.29. The van der Waals surface area contributed by atoms with Crippen molar-refractivity contribution in [2.45, 2.75) is 24.5 Å². The normalized spacial score (nSPS) is 11.1. The zero-order valence-corrected chi connectivity index (χ0v) is 15.3. The lowest BCUT2D eigenvalue weighted by Gasteiger charge is -2.03. The largest absolute Gasteiger partial charge is 0.486 e. The van der Waals surface area contributed by atoms with Crippen molar-refractivity contribution in [2.75, 3.05) is 0 Å². The number of hydrogen-bond acceptors (Lipinski definition) is 6. The van der Waals surface area contributed by atoms with Gasteiger partial charge in [-0.2, -0.15) is 0 Å². The van der Waals surface area contributed by atoms with Gasteiger partial charge in [0.2, 0.25) is 0 Å². The van der Waals surface area contributed by atoms with E-state index in [1.165, 1.54) is 5.56 Å². The number of thioether (sulfide) groups is 1. The predicted octanol–water partition coefficient (Wildman–Crippen LogP) is 5.46. The maximum Gasteiger partial charge on any atom is 0.257 e. The second-order valence-corrected chi connectivity index (χ2v) is 7.44. The summed E-state index contributed by atoms with van der Waals surface area (Å²) < 4.78 is 11.5. The molecule has 4 rings (SSSR count). The second-order valence-electron chi connectivity index (χ2n) is 5.57. The molecule has 0 aliphatic carbocycles. The Balaban J connectivity index is 1.33. The number of fused-ring (bicyclic) bond motifs is 1. The minimum absolute atomic E-state index is 0.487. The topological polar surface area (TPSA) is 48.2 Å². The van der Waals surface area contributed by atoms with Crippen LogP contribution in [0.1, 0.15) is 16.3 Å². The molecule has 126 valence electrons. The number of ether oxygens (including phenoxy) is 1. The van der Waals surface area contributed by atoms with Crippen LogP contribution in [-0.4, -0.2) is 9.97 Å². The van der Waals surface area contributed by atoms with Crippen molar-refractivity contribution in [1.82, 2.24) is 9.97 Å². The van der Waals surface area contributed by atoms with Gasteiger partial charge in [0, 0.05) is 11.1 Å². The highest BCUT2D eigenvalue weighted by Crippen LogP contribution is 2.26. The number of para-hydroxylation sites is 2. The van der Waals surface area contributed by atoms with E-state index in [2.05, 4.69) is 22.3 Å². The molecule has 0 atom stereocenters. The molecule has 4 aromatic rings. The van der Waals surface area contributed by atoms with Gasteiger partial charge in [-0.05, 0) is 31.2 Å². The van der Waals surface area contributed by atoms with Crippen molar-refractivity contribution in [3.8, 4) is 5.75 Å². The van der Waals surface area contributed by atoms with Gasteiger partial charge in [0.15, 0.2) is 5.58 Å². The lowest BCUT2D eigenvalue weighted by atomic mass is 10.2. The van der Waals surface area contributed by atoms with Crippen LogP contribution >= 0.6 is 23.1 Å². The first-order chi connectivity index (χ1) is 12.3. The van der Waals surface area contributed by atoms with E-state index in [-0.39, 0.29) is 0 Å². The molecule has 0 saturated heterocycles. The number of nitrogens with zero attached hydrogens (tertiary/aromatic N) is 2. The third kappa shape index (κ3) is 4.03. The Hall–Kier alpha value is -2.31. The maximum absolute atomic E-state index is 5.77. The van der Waals surface area contributed by atoms with E-state index >= 15 is 0 Å². The summed E-state index contributed by atoms with van der Waals surface area (Å²) in [6.07, 6.45) is 0. The van der Waals surface area contributed by atoms with Crippen LogP contribution in [0, 0.1) is 6.92 Å². The summed E-state index contributed by atoms with van der Waals surface area (Å²) >= 11 is 3.17. The fraction of sp³-hybridized carbons (Fsp3) is 0.158. The molecule has 0 amide bonds. The molecule has 0 fully saturated rings. The van der Waals surface area contributed by atoms with Crippen LogP contribution in [0.5, 0.6) is 5.75 Å². The first-order valence-electron chi connectivity index (χ1n) is 7.87. The van der Waals surface area contributed by atoms with Crippen LogP contribution in [0.2, 0.25) is 0 Å². The van der Waals surface area contributed by atoms with Gasteiger partial charge in [0.1, 0.15) is 22.9 Å². The van der Waals surface area contributed by atoms with Gasteiger partial charge in [-0.1, -0.05) is 41.6 Å². The fourth-order valence-electron chi connectivity index (χ4n) is 2.31. The Morgan fingerprint density at radius 1 is 1.08 bits per heavy atom. The highest BCUT2D eigenvalue weighted by atomic mass is 32.2. The average Bonchev–Trinajstić information content (AvgIpc) is 3.25. The van der Waals surface area contributed by atoms with Crippen LogP contribution in [0.4, 0.5) is 0 Å². The van der Waals surface area contributed by atoms with Crippen molar-refractivity contribution in [1.29, 1.82) is 0 Å². The van der Waals surface area contributed by atoms with Crippen molar-refractivity contribution >= 4 is 34.2 Å². The van der Waals surface area contributed by atoms with E-state index in [0.29, 0.717) is 11.8 Å². The summed E-state index contributed by atoms with van der Waals surface area (Å²) in [4.78, 5) is 9.08. The standard InChI is InChI=1S/C19H16N2O2S2/c1-13-6-8-15(9-7-13)22-10-18-20-14(11-24-18)12-25-19-21-16-4-2-3-5-17(16)23-19/h2-9,11H,10,12H2,1H3. The number of oxazole rings is 1. The molecule has 2 aromatic carbocycles. The third-order valence-electron chi connectivity index (χ3n) is 3.60. The number of aryl methyl sites for hydroxylation is 1. The lowest BCUT2D eigenvalue weighted by Crippen LogP contribution is -1.95. The number of rotatable bonds is 6.